The molecule has 4 nitrogen and oxygen atoms in total. The Kier molecular flexibility index (Phi) is 7.02. The molecule has 0 heterocycles. The van der Waals surface area contributed by atoms with Crippen LogP contribution in [0.15, 0.2) is 0 Å². The van der Waals surface area contributed by atoms with E-state index in [1.54, 1.807) is 0 Å². The van der Waals surface area contributed by atoms with Crippen molar-refractivity contribution in [3.05, 3.63) is 0 Å². The number of nitrogens with one attached hydrogen (secondary N) is 1. The van der Waals surface area contributed by atoms with Crippen LogP contribution in [0.25, 0.3) is 0 Å². The van der Waals surface area contributed by atoms with Gasteiger partial charge in [-0.25, -0.2) is 4.79 Å². The van der Waals surface area contributed by atoms with E-state index in [9.17, 15) is 9.59 Å². The van der Waals surface area contributed by atoms with Crippen LogP contribution in [0.3, 0.4) is 0 Å². The number of hydrogen-bond acceptors (Lipinski definition) is 3. The lowest BCUT2D eigenvalue weighted by Crippen LogP contribution is -2.44. The second kappa shape index (κ2) is 8.58. The lowest BCUT2D eigenvalue weighted by molar-refractivity contribution is -0.146. The largest absolute Gasteiger partial charge is 0.467 e. The highest BCUT2D eigenvalue weighted by Gasteiger charge is 2.26. The molecular formula is C15H23NO3. The van der Waals surface area contributed by atoms with E-state index in [-0.39, 0.29) is 17.8 Å². The van der Waals surface area contributed by atoms with Crippen molar-refractivity contribution in [3.63, 3.8) is 0 Å². The molecule has 4 heteroatoms. The van der Waals surface area contributed by atoms with Gasteiger partial charge < -0.3 is 10.1 Å². The van der Waals surface area contributed by atoms with Crippen LogP contribution in [-0.4, -0.2) is 25.0 Å². The predicted octanol–water partition coefficient (Wildman–Crippen LogP) is 2.03. The Hall–Kier alpha value is -1.50. The molecule has 1 fully saturated rings. The van der Waals surface area contributed by atoms with Crippen molar-refractivity contribution in [2.45, 2.75) is 57.4 Å². The van der Waals surface area contributed by atoms with E-state index in [2.05, 4.69) is 11.2 Å². The summed E-state index contributed by atoms with van der Waals surface area (Å²) >= 11 is 0. The van der Waals surface area contributed by atoms with Crippen molar-refractivity contribution in [2.75, 3.05) is 7.11 Å². The molecule has 106 valence electrons. The average Bonchev–Trinajstić information content (AvgIpc) is 2.46. The quantitative estimate of drug-likeness (QED) is 0.454. The minimum absolute atomic E-state index is 0.0178. The molecule has 1 atom stereocenters. The Morgan fingerprint density at radius 1 is 1.37 bits per heavy atom. The number of unbranched alkanes of at least 4 members (excludes halogenated alkanes) is 1. The van der Waals surface area contributed by atoms with Crippen LogP contribution in [0.5, 0.6) is 0 Å². The third-order valence-electron chi connectivity index (χ3n) is 3.59. The lowest BCUT2D eigenvalue weighted by Gasteiger charge is -2.23. The number of ether oxygens (including phenoxy) is 1. The summed E-state index contributed by atoms with van der Waals surface area (Å²) in [5, 5.41) is 2.81. The molecule has 1 rings (SSSR count). The molecule has 0 radical (unpaired) electrons. The highest BCUT2D eigenvalue weighted by atomic mass is 16.5. The highest BCUT2D eigenvalue weighted by molar-refractivity contribution is 5.85. The van der Waals surface area contributed by atoms with Gasteiger partial charge in [-0.1, -0.05) is 19.3 Å². The smallest absolute Gasteiger partial charge is 0.328 e. The summed E-state index contributed by atoms with van der Waals surface area (Å²) in [5.41, 5.74) is 0. The number of esters is 1. The summed E-state index contributed by atoms with van der Waals surface area (Å²) in [5.74, 6) is 2.18. The first-order valence-electron chi connectivity index (χ1n) is 7.00. The second-order valence-electron chi connectivity index (χ2n) is 5.02. The molecule has 0 aromatic carbocycles. The van der Waals surface area contributed by atoms with E-state index in [4.69, 9.17) is 11.2 Å². The molecule has 0 saturated heterocycles. The normalized spacial score (nSPS) is 17.3. The fourth-order valence-corrected chi connectivity index (χ4v) is 2.45. The molecule has 1 aliphatic rings. The van der Waals surface area contributed by atoms with Gasteiger partial charge in [0.2, 0.25) is 5.91 Å². The van der Waals surface area contributed by atoms with E-state index in [0.717, 1.165) is 25.7 Å². The van der Waals surface area contributed by atoms with Crippen LogP contribution in [0, 0.1) is 18.3 Å². The van der Waals surface area contributed by atoms with Crippen molar-refractivity contribution in [1.29, 1.82) is 0 Å². The summed E-state index contributed by atoms with van der Waals surface area (Å²) in [7, 11) is 1.34. The lowest BCUT2D eigenvalue weighted by atomic mass is 9.88. The summed E-state index contributed by atoms with van der Waals surface area (Å²) in [4.78, 5) is 23.7. The Labute approximate surface area is 115 Å². The predicted molar refractivity (Wildman–Crippen MR) is 73.2 cm³/mol. The van der Waals surface area contributed by atoms with Gasteiger partial charge in [-0.05, 0) is 25.7 Å². The molecule has 1 amide bonds. The minimum atomic E-state index is -0.562. The van der Waals surface area contributed by atoms with Gasteiger partial charge in [0.05, 0.1) is 7.11 Å². The zero-order chi connectivity index (χ0) is 14.1. The van der Waals surface area contributed by atoms with E-state index < -0.39 is 6.04 Å². The van der Waals surface area contributed by atoms with E-state index in [0.29, 0.717) is 19.3 Å². The first kappa shape index (κ1) is 15.6. The Morgan fingerprint density at radius 3 is 2.63 bits per heavy atom. The fourth-order valence-electron chi connectivity index (χ4n) is 2.45. The molecule has 0 aromatic heterocycles. The molecule has 0 aliphatic heterocycles. The first-order valence-corrected chi connectivity index (χ1v) is 7.00. The molecule has 0 unspecified atom stereocenters. The van der Waals surface area contributed by atoms with E-state index in [1.807, 2.05) is 0 Å². The summed E-state index contributed by atoms with van der Waals surface area (Å²) in [6, 6.07) is -0.562. The Balaban J connectivity index is 2.48. The molecule has 0 bridgehead atoms. The maximum Gasteiger partial charge on any atom is 0.328 e. The van der Waals surface area contributed by atoms with Crippen LogP contribution in [-0.2, 0) is 14.3 Å². The van der Waals surface area contributed by atoms with Gasteiger partial charge in [0.1, 0.15) is 6.04 Å². The maximum atomic E-state index is 12.1. The van der Waals surface area contributed by atoms with Crippen molar-refractivity contribution < 1.29 is 14.3 Å². The van der Waals surface area contributed by atoms with Crippen molar-refractivity contribution in [1.82, 2.24) is 5.32 Å². The van der Waals surface area contributed by atoms with Crippen molar-refractivity contribution in [3.8, 4) is 12.3 Å². The topological polar surface area (TPSA) is 55.4 Å². The third-order valence-corrected chi connectivity index (χ3v) is 3.59. The summed E-state index contributed by atoms with van der Waals surface area (Å²) in [6.07, 6.45) is 12.3. The monoisotopic (exact) mass is 265 g/mol. The molecule has 0 aromatic rings. The zero-order valence-corrected chi connectivity index (χ0v) is 11.6. The van der Waals surface area contributed by atoms with Gasteiger partial charge in [0.15, 0.2) is 0 Å². The van der Waals surface area contributed by atoms with Gasteiger partial charge in [0.25, 0.3) is 0 Å². The molecule has 0 spiro atoms. The van der Waals surface area contributed by atoms with E-state index >= 15 is 0 Å². The van der Waals surface area contributed by atoms with Gasteiger partial charge >= 0.3 is 5.97 Å². The zero-order valence-electron chi connectivity index (χ0n) is 11.6. The average molecular weight is 265 g/mol. The Morgan fingerprint density at radius 2 is 2.05 bits per heavy atom. The SMILES string of the molecule is C#CCCC[C@@H](NC(=O)C1CCCCC1)C(=O)OC. The van der Waals surface area contributed by atoms with Gasteiger partial charge in [-0.2, -0.15) is 0 Å². The van der Waals surface area contributed by atoms with Gasteiger partial charge in [-0.15, -0.1) is 12.3 Å². The molecule has 1 aliphatic carbocycles. The summed E-state index contributed by atoms with van der Waals surface area (Å²) < 4.78 is 4.73. The first-order chi connectivity index (χ1) is 9.19. The molecular weight excluding hydrogens is 242 g/mol. The number of carbonyl (C=O) groups is 2. The number of methoxy groups -OCH3 is 1. The minimum Gasteiger partial charge on any atom is -0.467 e. The van der Waals surface area contributed by atoms with Gasteiger partial charge in [0, 0.05) is 12.3 Å². The number of hydrogen-bond donors (Lipinski definition) is 1. The Bertz CT molecular complexity index is 340. The van der Waals surface area contributed by atoms with Crippen molar-refractivity contribution in [2.24, 2.45) is 5.92 Å². The van der Waals surface area contributed by atoms with Crippen molar-refractivity contribution >= 4 is 11.9 Å². The molecule has 1 N–H and O–H groups in total. The standard InChI is InChI=1S/C15H23NO3/c1-3-4-6-11-13(15(18)19-2)16-14(17)12-9-7-5-8-10-12/h1,12-13H,4-11H2,2H3,(H,16,17)/t13-/m1/s1. The van der Waals surface area contributed by atoms with Crippen LogP contribution >= 0.6 is 0 Å². The number of terminal acetylenes is 1. The fraction of sp³-hybridized carbons (Fsp3) is 0.733. The molecule has 1 saturated carbocycles. The van der Waals surface area contributed by atoms with Gasteiger partial charge in [-0.3, -0.25) is 4.79 Å². The van der Waals surface area contributed by atoms with Crippen LogP contribution in [0.1, 0.15) is 51.4 Å². The van der Waals surface area contributed by atoms with E-state index in [1.165, 1.54) is 13.5 Å². The number of carbonyl (C=O) groups excluding carboxylic acids is 2. The summed E-state index contributed by atoms with van der Waals surface area (Å²) in [6.45, 7) is 0. The number of amides is 1. The third kappa shape index (κ3) is 5.34. The van der Waals surface area contributed by atoms with Crippen LogP contribution < -0.4 is 5.32 Å². The maximum absolute atomic E-state index is 12.1. The van der Waals surface area contributed by atoms with Crippen LogP contribution in [0.2, 0.25) is 0 Å². The highest BCUT2D eigenvalue weighted by Crippen LogP contribution is 2.23. The number of rotatable bonds is 6. The molecule has 19 heavy (non-hydrogen) atoms. The van der Waals surface area contributed by atoms with Crippen LogP contribution in [0.4, 0.5) is 0 Å². The second-order valence-corrected chi connectivity index (χ2v) is 5.02.